The fraction of sp³-hybridized carbons (Fsp3) is 0.375. The van der Waals surface area contributed by atoms with Gasteiger partial charge in [0.2, 0.25) is 0 Å². The second-order valence-corrected chi connectivity index (χ2v) is 8.54. The Hall–Kier alpha value is -2.79. The van der Waals surface area contributed by atoms with Crippen molar-refractivity contribution in [2.24, 2.45) is 5.92 Å². The lowest BCUT2D eigenvalue weighted by molar-refractivity contribution is 0.110. The molecule has 0 amide bonds. The van der Waals surface area contributed by atoms with Gasteiger partial charge in [-0.1, -0.05) is 17.7 Å². The normalized spacial score (nSPS) is 14.9. The van der Waals surface area contributed by atoms with Gasteiger partial charge in [-0.15, -0.1) is 22.6 Å². The van der Waals surface area contributed by atoms with Crippen LogP contribution >= 0.6 is 24.0 Å². The van der Waals surface area contributed by atoms with Gasteiger partial charge in [0.1, 0.15) is 5.75 Å². The predicted molar refractivity (Wildman–Crippen MR) is 133 cm³/mol. The molecule has 0 saturated carbocycles. The predicted octanol–water partition coefficient (Wildman–Crippen LogP) is 4.79. The standard InChI is InChI=1S/C24H26ClN5O2.ClH/c1-15(31)18-7-9-30(10-8-18)24-19-5-3-16(13-26)11-20(19)23(28-29-24)27-14-17-4-6-22(32-2)21(25)12-17;/h3-6,11-12,15,18,31H,7-10,14H2,1-2H3,(H,27,28);1H. The minimum Gasteiger partial charge on any atom is -0.495 e. The highest BCUT2D eigenvalue weighted by Gasteiger charge is 2.25. The topological polar surface area (TPSA) is 94.3 Å². The number of halogens is 2. The van der Waals surface area contributed by atoms with Crippen molar-refractivity contribution in [3.63, 3.8) is 0 Å². The first-order chi connectivity index (χ1) is 15.5. The number of ether oxygens (including phenoxy) is 1. The summed E-state index contributed by atoms with van der Waals surface area (Å²) in [5.74, 6) is 2.37. The zero-order chi connectivity index (χ0) is 22.7. The van der Waals surface area contributed by atoms with Crippen LogP contribution < -0.4 is 15.0 Å². The molecule has 1 aliphatic heterocycles. The molecule has 1 fully saturated rings. The number of benzene rings is 2. The Morgan fingerprint density at radius 2 is 1.97 bits per heavy atom. The van der Waals surface area contributed by atoms with Gasteiger partial charge in [-0.25, -0.2) is 0 Å². The summed E-state index contributed by atoms with van der Waals surface area (Å²) in [5.41, 5.74) is 1.55. The summed E-state index contributed by atoms with van der Waals surface area (Å²) in [4.78, 5) is 2.22. The van der Waals surface area contributed by atoms with Crippen LogP contribution in [0.25, 0.3) is 10.8 Å². The van der Waals surface area contributed by atoms with Crippen LogP contribution in [0.4, 0.5) is 11.6 Å². The third-order valence-electron chi connectivity index (χ3n) is 6.09. The molecule has 9 heteroatoms. The molecule has 0 aliphatic carbocycles. The van der Waals surface area contributed by atoms with E-state index in [-0.39, 0.29) is 18.5 Å². The maximum atomic E-state index is 9.90. The van der Waals surface area contributed by atoms with Gasteiger partial charge in [0.25, 0.3) is 0 Å². The zero-order valence-corrected chi connectivity index (χ0v) is 20.2. The molecular weight excluding hydrogens is 461 g/mol. The average Bonchev–Trinajstić information content (AvgIpc) is 2.82. The van der Waals surface area contributed by atoms with Crippen LogP contribution in [0.5, 0.6) is 5.75 Å². The van der Waals surface area contributed by atoms with Gasteiger partial charge >= 0.3 is 0 Å². The number of nitrogens with one attached hydrogen (secondary N) is 1. The number of aliphatic hydroxyl groups excluding tert-OH is 1. The molecule has 0 spiro atoms. The van der Waals surface area contributed by atoms with E-state index in [9.17, 15) is 10.4 Å². The number of nitrogens with zero attached hydrogens (tertiary/aromatic N) is 4. The van der Waals surface area contributed by atoms with Gasteiger partial charge in [0.15, 0.2) is 11.6 Å². The maximum Gasteiger partial charge on any atom is 0.159 e. The van der Waals surface area contributed by atoms with E-state index in [0.717, 1.165) is 48.1 Å². The maximum absolute atomic E-state index is 9.90. The van der Waals surface area contributed by atoms with Crippen LogP contribution in [0, 0.1) is 17.2 Å². The molecule has 174 valence electrons. The van der Waals surface area contributed by atoms with Gasteiger partial charge < -0.3 is 20.1 Å². The molecule has 3 aromatic rings. The summed E-state index contributed by atoms with van der Waals surface area (Å²) >= 11 is 6.24. The molecule has 0 bridgehead atoms. The van der Waals surface area contributed by atoms with Crippen molar-refractivity contribution >= 4 is 46.4 Å². The number of piperidine rings is 1. The van der Waals surface area contributed by atoms with Crippen LogP contribution in [-0.4, -0.2) is 41.6 Å². The summed E-state index contributed by atoms with van der Waals surface area (Å²) in [6, 6.07) is 13.4. The second kappa shape index (κ2) is 10.9. The fourth-order valence-electron chi connectivity index (χ4n) is 4.17. The summed E-state index contributed by atoms with van der Waals surface area (Å²) in [6.45, 7) is 3.99. The smallest absolute Gasteiger partial charge is 0.159 e. The number of anilines is 2. The lowest BCUT2D eigenvalue weighted by Gasteiger charge is -2.34. The monoisotopic (exact) mass is 487 g/mol. The first-order valence-electron chi connectivity index (χ1n) is 10.7. The Bertz CT molecular complexity index is 1160. The van der Waals surface area contributed by atoms with Gasteiger partial charge in [0.05, 0.1) is 29.9 Å². The summed E-state index contributed by atoms with van der Waals surface area (Å²) in [5, 5.41) is 34.0. The van der Waals surface area contributed by atoms with Crippen LogP contribution in [0.2, 0.25) is 5.02 Å². The molecule has 7 nitrogen and oxygen atoms in total. The number of hydrogen-bond acceptors (Lipinski definition) is 7. The molecular formula is C24H27Cl2N5O2. The molecule has 2 N–H and O–H groups in total. The van der Waals surface area contributed by atoms with Crippen molar-refractivity contribution in [1.29, 1.82) is 5.26 Å². The van der Waals surface area contributed by atoms with E-state index in [2.05, 4.69) is 26.5 Å². The largest absolute Gasteiger partial charge is 0.495 e. The van der Waals surface area contributed by atoms with Crippen LogP contribution in [0.15, 0.2) is 36.4 Å². The number of aromatic nitrogens is 2. The highest BCUT2D eigenvalue weighted by atomic mass is 35.5. The number of methoxy groups -OCH3 is 1. The van der Waals surface area contributed by atoms with E-state index in [1.165, 1.54) is 0 Å². The molecule has 1 saturated heterocycles. The van der Waals surface area contributed by atoms with E-state index < -0.39 is 0 Å². The quantitative estimate of drug-likeness (QED) is 0.515. The van der Waals surface area contributed by atoms with Gasteiger partial charge in [-0.3, -0.25) is 0 Å². The number of nitriles is 1. The zero-order valence-electron chi connectivity index (χ0n) is 18.6. The molecule has 2 heterocycles. The molecule has 0 radical (unpaired) electrons. The average molecular weight is 488 g/mol. The SMILES string of the molecule is COc1ccc(CNc2nnc(N3CCC(C(C)O)CC3)c3ccc(C#N)cc23)cc1Cl.Cl. The Kier molecular flexibility index (Phi) is 8.20. The lowest BCUT2D eigenvalue weighted by atomic mass is 9.92. The molecule has 1 aromatic heterocycles. The number of fused-ring (bicyclic) bond motifs is 1. The Labute approximate surface area is 204 Å². The van der Waals surface area contributed by atoms with Crippen LogP contribution in [0.3, 0.4) is 0 Å². The van der Waals surface area contributed by atoms with E-state index in [1.807, 2.05) is 43.3 Å². The lowest BCUT2D eigenvalue weighted by Crippen LogP contribution is -2.37. The van der Waals surface area contributed by atoms with Gasteiger partial charge in [-0.05, 0) is 61.6 Å². The van der Waals surface area contributed by atoms with Crippen molar-refractivity contribution in [2.45, 2.75) is 32.4 Å². The van der Waals surface area contributed by atoms with Crippen molar-refractivity contribution in [3.05, 3.63) is 52.5 Å². The summed E-state index contributed by atoms with van der Waals surface area (Å²) < 4.78 is 5.21. The Morgan fingerprint density at radius 3 is 2.61 bits per heavy atom. The van der Waals surface area contributed by atoms with E-state index in [1.54, 1.807) is 7.11 Å². The first kappa shape index (κ1) is 24.8. The van der Waals surface area contributed by atoms with Crippen molar-refractivity contribution < 1.29 is 9.84 Å². The van der Waals surface area contributed by atoms with Crippen molar-refractivity contribution in [2.75, 3.05) is 30.4 Å². The molecule has 1 aliphatic rings. The van der Waals surface area contributed by atoms with E-state index >= 15 is 0 Å². The second-order valence-electron chi connectivity index (χ2n) is 8.13. The summed E-state index contributed by atoms with van der Waals surface area (Å²) in [7, 11) is 1.59. The Morgan fingerprint density at radius 1 is 1.21 bits per heavy atom. The van der Waals surface area contributed by atoms with Gasteiger partial charge in [-0.2, -0.15) is 5.26 Å². The van der Waals surface area contributed by atoms with Crippen LogP contribution in [0.1, 0.15) is 30.9 Å². The number of hydrogen-bond donors (Lipinski definition) is 2. The molecule has 4 rings (SSSR count). The molecule has 2 aromatic carbocycles. The number of aliphatic hydroxyl groups is 1. The van der Waals surface area contributed by atoms with E-state index in [0.29, 0.717) is 34.6 Å². The van der Waals surface area contributed by atoms with Crippen LogP contribution in [-0.2, 0) is 6.54 Å². The number of rotatable bonds is 6. The molecule has 1 unspecified atom stereocenters. The third-order valence-corrected chi connectivity index (χ3v) is 6.38. The molecule has 1 atom stereocenters. The third kappa shape index (κ3) is 5.41. The van der Waals surface area contributed by atoms with Gasteiger partial charge in [0, 0.05) is 30.4 Å². The highest BCUT2D eigenvalue weighted by molar-refractivity contribution is 6.32. The van der Waals surface area contributed by atoms with Crippen molar-refractivity contribution in [1.82, 2.24) is 10.2 Å². The highest BCUT2D eigenvalue weighted by Crippen LogP contribution is 2.33. The first-order valence-corrected chi connectivity index (χ1v) is 11.1. The minimum atomic E-state index is -0.295. The van der Waals surface area contributed by atoms with E-state index in [4.69, 9.17) is 16.3 Å². The van der Waals surface area contributed by atoms with Crippen molar-refractivity contribution in [3.8, 4) is 11.8 Å². The Balaban J connectivity index is 0.00000306. The fourth-order valence-corrected chi connectivity index (χ4v) is 4.45. The molecule has 33 heavy (non-hydrogen) atoms. The minimum absolute atomic E-state index is 0. The summed E-state index contributed by atoms with van der Waals surface area (Å²) in [6.07, 6.45) is 1.53.